The summed E-state index contributed by atoms with van der Waals surface area (Å²) >= 11 is 0. The van der Waals surface area contributed by atoms with Crippen LogP contribution in [-0.2, 0) is 16.3 Å². The lowest BCUT2D eigenvalue weighted by molar-refractivity contribution is 0.231. The maximum atomic E-state index is 12.7. The van der Waals surface area contributed by atoms with E-state index in [0.29, 0.717) is 10.5 Å². The fourth-order valence-corrected chi connectivity index (χ4v) is 6.67. The average Bonchev–Trinajstić information content (AvgIpc) is 3.69. The summed E-state index contributed by atoms with van der Waals surface area (Å²) in [7, 11) is -3.24. The van der Waals surface area contributed by atoms with E-state index in [1.807, 2.05) is 18.5 Å². The van der Waals surface area contributed by atoms with Crippen molar-refractivity contribution in [1.82, 2.24) is 19.5 Å². The van der Waals surface area contributed by atoms with Gasteiger partial charge in [0.25, 0.3) is 0 Å². The van der Waals surface area contributed by atoms with Gasteiger partial charge in [0.2, 0.25) is 0 Å². The molecule has 0 N–H and O–H groups in total. The number of benzene rings is 2. The molecular weight excluding hydrogens is 456 g/mol. The quantitative estimate of drug-likeness (QED) is 0.367. The van der Waals surface area contributed by atoms with E-state index in [4.69, 9.17) is 4.98 Å². The van der Waals surface area contributed by atoms with Crippen LogP contribution >= 0.6 is 0 Å². The van der Waals surface area contributed by atoms with Crippen LogP contribution in [-0.4, -0.2) is 52.8 Å². The zero-order valence-electron chi connectivity index (χ0n) is 19.8. The minimum Gasteiger partial charge on any atom is -0.303 e. The monoisotopic (exact) mass is 486 g/mol. The number of hydrogen-bond donors (Lipinski definition) is 0. The van der Waals surface area contributed by atoms with E-state index < -0.39 is 9.84 Å². The predicted octanol–water partition coefficient (Wildman–Crippen LogP) is 5.03. The summed E-state index contributed by atoms with van der Waals surface area (Å²) in [5.41, 5.74) is 5.83. The first-order valence-electron chi connectivity index (χ1n) is 12.6. The Labute approximate surface area is 206 Å². The van der Waals surface area contributed by atoms with Crippen molar-refractivity contribution in [1.29, 1.82) is 0 Å². The van der Waals surface area contributed by atoms with Crippen molar-refractivity contribution in [2.45, 2.75) is 48.7 Å². The summed E-state index contributed by atoms with van der Waals surface area (Å²) in [6.07, 6.45) is 12.2. The van der Waals surface area contributed by atoms with Crippen LogP contribution in [0.2, 0.25) is 0 Å². The highest BCUT2D eigenvalue weighted by molar-refractivity contribution is 7.92. The molecule has 0 amide bonds. The van der Waals surface area contributed by atoms with E-state index in [-0.39, 0.29) is 5.25 Å². The smallest absolute Gasteiger partial charge is 0.181 e. The van der Waals surface area contributed by atoms with Crippen LogP contribution in [0.15, 0.2) is 72.0 Å². The van der Waals surface area contributed by atoms with Crippen molar-refractivity contribution in [2.75, 3.05) is 19.6 Å². The number of sulfone groups is 1. The van der Waals surface area contributed by atoms with Gasteiger partial charge in [-0.2, -0.15) is 5.10 Å². The van der Waals surface area contributed by atoms with E-state index in [1.54, 1.807) is 28.9 Å². The first-order chi connectivity index (χ1) is 17.1. The Morgan fingerprint density at radius 3 is 2.46 bits per heavy atom. The van der Waals surface area contributed by atoms with E-state index in [2.05, 4.69) is 34.3 Å². The van der Waals surface area contributed by atoms with Crippen molar-refractivity contribution in [3.8, 4) is 22.3 Å². The summed E-state index contributed by atoms with van der Waals surface area (Å²) in [5.74, 6) is 0. The number of fused-ring (bicyclic) bond motifs is 1. The SMILES string of the molecule is O=S(=O)(c1cccc(-c2cnn3cc(-c4ccc(CCN5CCCCC5)cc4)cnc23)c1)C1CC1. The summed E-state index contributed by atoms with van der Waals surface area (Å²) in [6, 6.07) is 15.9. The third kappa shape index (κ3) is 4.62. The van der Waals surface area contributed by atoms with Gasteiger partial charge < -0.3 is 4.90 Å². The molecule has 3 heterocycles. The third-order valence-electron chi connectivity index (χ3n) is 7.25. The molecule has 2 aromatic heterocycles. The fraction of sp³-hybridized carbons (Fsp3) is 0.357. The zero-order chi connectivity index (χ0) is 23.8. The summed E-state index contributed by atoms with van der Waals surface area (Å²) in [5, 5.41) is 4.29. The molecule has 1 aliphatic carbocycles. The molecule has 1 aliphatic heterocycles. The van der Waals surface area contributed by atoms with Crippen LogP contribution in [0.4, 0.5) is 0 Å². The predicted molar refractivity (Wildman–Crippen MR) is 138 cm³/mol. The maximum absolute atomic E-state index is 12.7. The standard InChI is InChI=1S/C28H30N4O2S/c33-35(34,25-11-12-25)26-6-4-5-23(17-26)27-19-30-32-20-24(18-29-28(27)32)22-9-7-21(8-10-22)13-16-31-14-2-1-3-15-31/h4-10,17-20,25H,1-3,11-16H2. The molecule has 0 unspecified atom stereocenters. The molecule has 0 spiro atoms. The first-order valence-corrected chi connectivity index (χ1v) is 14.1. The molecule has 180 valence electrons. The Hall–Kier alpha value is -3.03. The van der Waals surface area contributed by atoms with Crippen LogP contribution in [0.1, 0.15) is 37.7 Å². The van der Waals surface area contributed by atoms with Crippen LogP contribution in [0, 0.1) is 0 Å². The second kappa shape index (κ2) is 9.21. The van der Waals surface area contributed by atoms with Crippen molar-refractivity contribution in [3.05, 3.63) is 72.7 Å². The molecule has 6 nitrogen and oxygen atoms in total. The molecule has 1 saturated carbocycles. The highest BCUT2D eigenvalue weighted by Crippen LogP contribution is 2.35. The van der Waals surface area contributed by atoms with Crippen LogP contribution in [0.25, 0.3) is 27.9 Å². The van der Waals surface area contributed by atoms with Crippen LogP contribution in [0.3, 0.4) is 0 Å². The molecule has 0 atom stereocenters. The summed E-state index contributed by atoms with van der Waals surface area (Å²) in [4.78, 5) is 7.65. The number of hydrogen-bond acceptors (Lipinski definition) is 5. The Kier molecular flexibility index (Phi) is 5.90. The Bertz CT molecular complexity index is 1450. The van der Waals surface area contributed by atoms with Gasteiger partial charge in [0.15, 0.2) is 15.5 Å². The summed E-state index contributed by atoms with van der Waals surface area (Å²) in [6.45, 7) is 3.60. The van der Waals surface area contributed by atoms with Gasteiger partial charge >= 0.3 is 0 Å². The lowest BCUT2D eigenvalue weighted by Crippen LogP contribution is -2.31. The van der Waals surface area contributed by atoms with Gasteiger partial charge in [-0.15, -0.1) is 0 Å². The Morgan fingerprint density at radius 1 is 0.886 bits per heavy atom. The van der Waals surface area contributed by atoms with Gasteiger partial charge in [0.1, 0.15) is 0 Å². The van der Waals surface area contributed by atoms with Gasteiger partial charge in [0.05, 0.1) is 16.3 Å². The molecule has 7 heteroatoms. The number of rotatable bonds is 7. The van der Waals surface area contributed by atoms with Crippen LogP contribution in [0.5, 0.6) is 0 Å². The lowest BCUT2D eigenvalue weighted by Gasteiger charge is -2.26. The van der Waals surface area contributed by atoms with Gasteiger partial charge in [-0.3, -0.25) is 0 Å². The van der Waals surface area contributed by atoms with Gasteiger partial charge in [0, 0.05) is 30.1 Å². The number of likely N-dealkylation sites (tertiary alicyclic amines) is 1. The van der Waals surface area contributed by atoms with Gasteiger partial charge in [-0.1, -0.05) is 42.8 Å². The van der Waals surface area contributed by atoms with E-state index in [1.165, 1.54) is 37.9 Å². The van der Waals surface area contributed by atoms with E-state index in [9.17, 15) is 8.42 Å². The van der Waals surface area contributed by atoms with Crippen LogP contribution < -0.4 is 0 Å². The third-order valence-corrected chi connectivity index (χ3v) is 9.51. The molecule has 2 aliphatic rings. The van der Waals surface area contributed by atoms with E-state index >= 15 is 0 Å². The molecule has 2 aromatic carbocycles. The maximum Gasteiger partial charge on any atom is 0.181 e. The second-order valence-corrected chi connectivity index (χ2v) is 12.0. The zero-order valence-corrected chi connectivity index (χ0v) is 20.6. The average molecular weight is 487 g/mol. The normalized spacial score (nSPS) is 17.1. The molecule has 2 fully saturated rings. The molecular formula is C28H30N4O2S. The molecule has 6 rings (SSSR count). The van der Waals surface area contributed by atoms with Crippen molar-refractivity contribution < 1.29 is 8.42 Å². The largest absolute Gasteiger partial charge is 0.303 e. The van der Waals surface area contributed by atoms with E-state index in [0.717, 1.165) is 48.1 Å². The first kappa shape index (κ1) is 22.4. The highest BCUT2D eigenvalue weighted by Gasteiger charge is 2.37. The van der Waals surface area contributed by atoms with Gasteiger partial charge in [-0.05, 0) is 74.0 Å². The topological polar surface area (TPSA) is 67.6 Å². The van der Waals surface area contributed by atoms with Crippen molar-refractivity contribution >= 4 is 15.5 Å². The fourth-order valence-electron chi connectivity index (χ4n) is 4.97. The molecule has 0 bridgehead atoms. The summed E-state index contributed by atoms with van der Waals surface area (Å²) < 4.78 is 27.2. The highest BCUT2D eigenvalue weighted by atomic mass is 32.2. The van der Waals surface area contributed by atoms with Crippen molar-refractivity contribution in [3.63, 3.8) is 0 Å². The lowest BCUT2D eigenvalue weighted by atomic mass is 10.0. The Balaban J connectivity index is 1.21. The van der Waals surface area contributed by atoms with Crippen molar-refractivity contribution in [2.24, 2.45) is 0 Å². The molecule has 0 radical (unpaired) electrons. The molecule has 35 heavy (non-hydrogen) atoms. The molecule has 4 aromatic rings. The van der Waals surface area contributed by atoms with Gasteiger partial charge in [-0.25, -0.2) is 17.9 Å². The number of nitrogens with zero attached hydrogens (tertiary/aromatic N) is 4. The minimum absolute atomic E-state index is 0.224. The number of aromatic nitrogens is 3. The second-order valence-electron chi connectivity index (χ2n) is 9.79. The Morgan fingerprint density at radius 2 is 1.69 bits per heavy atom. The number of piperidine rings is 1. The minimum atomic E-state index is -3.24. The molecule has 1 saturated heterocycles.